The van der Waals surface area contributed by atoms with Crippen LogP contribution in [0, 0.1) is 17.8 Å². The molecule has 3 aliphatic rings. The second kappa shape index (κ2) is 14.4. The maximum absolute atomic E-state index is 13.6. The molecule has 0 bridgehead atoms. The summed E-state index contributed by atoms with van der Waals surface area (Å²) in [6.45, 7) is 3.37. The first-order valence-electron chi connectivity index (χ1n) is 17.7. The number of methoxy groups -OCH3 is 1. The molecule has 3 fully saturated rings. The Morgan fingerprint density at radius 2 is 1.62 bits per heavy atom. The van der Waals surface area contributed by atoms with E-state index in [2.05, 4.69) is 32.1 Å². The van der Waals surface area contributed by atoms with E-state index in [0.29, 0.717) is 19.5 Å². The van der Waals surface area contributed by atoms with Gasteiger partial charge in [-0.3, -0.25) is 9.59 Å². The number of ether oxygens (including phenoxy) is 1. The summed E-state index contributed by atoms with van der Waals surface area (Å²) in [6, 6.07) is 12.6. The second-order valence-electron chi connectivity index (χ2n) is 13.6. The molecule has 50 heavy (non-hydrogen) atoms. The molecule has 12 nitrogen and oxygen atoms in total. The van der Waals surface area contributed by atoms with Gasteiger partial charge in [-0.05, 0) is 86.8 Å². The van der Waals surface area contributed by atoms with Gasteiger partial charge in [0.2, 0.25) is 11.8 Å². The maximum atomic E-state index is 13.6. The van der Waals surface area contributed by atoms with E-state index in [0.717, 1.165) is 90.0 Å². The van der Waals surface area contributed by atoms with Crippen LogP contribution in [-0.2, 0) is 14.3 Å². The zero-order chi connectivity index (χ0) is 34.8. The molecule has 2 saturated heterocycles. The van der Waals surface area contributed by atoms with Gasteiger partial charge in [-0.2, -0.15) is 0 Å². The van der Waals surface area contributed by atoms with Crippen molar-refractivity contribution in [1.29, 1.82) is 0 Å². The van der Waals surface area contributed by atoms with Crippen molar-refractivity contribution in [3.8, 4) is 23.1 Å². The van der Waals surface area contributed by atoms with E-state index in [1.54, 1.807) is 0 Å². The van der Waals surface area contributed by atoms with Crippen molar-refractivity contribution in [1.82, 2.24) is 35.1 Å². The molecule has 0 radical (unpaired) electrons. The van der Waals surface area contributed by atoms with Gasteiger partial charge in [0, 0.05) is 24.2 Å². The number of aromatic nitrogens is 4. The quantitative estimate of drug-likeness (QED) is 0.183. The molecule has 2 aliphatic heterocycles. The number of hydrogen-bond acceptors (Lipinski definition) is 7. The Labute approximate surface area is 291 Å². The first-order valence-corrected chi connectivity index (χ1v) is 17.7. The lowest BCUT2D eigenvalue weighted by Crippen LogP contribution is -2.49. The average Bonchev–Trinajstić information content (AvgIpc) is 3.56. The van der Waals surface area contributed by atoms with E-state index in [4.69, 9.17) is 15.5 Å². The van der Waals surface area contributed by atoms with E-state index in [9.17, 15) is 14.4 Å². The first-order chi connectivity index (χ1) is 24.3. The van der Waals surface area contributed by atoms with Gasteiger partial charge in [-0.25, -0.2) is 14.8 Å². The fraction of sp³-hybridized carbons (Fsp3) is 0.447. The highest BCUT2D eigenvalue weighted by Crippen LogP contribution is 2.38. The molecule has 2 aromatic carbocycles. The van der Waals surface area contributed by atoms with Crippen LogP contribution in [0.2, 0.25) is 0 Å². The summed E-state index contributed by atoms with van der Waals surface area (Å²) >= 11 is 0. The highest BCUT2D eigenvalue weighted by atomic mass is 16.5. The minimum Gasteiger partial charge on any atom is -0.453 e. The van der Waals surface area contributed by atoms with E-state index in [-0.39, 0.29) is 29.8 Å². The van der Waals surface area contributed by atoms with Crippen LogP contribution in [0.3, 0.4) is 0 Å². The number of nitrogens with two attached hydrogens (primary N) is 1. The monoisotopic (exact) mass is 676 g/mol. The molecule has 5 N–H and O–H groups in total. The summed E-state index contributed by atoms with van der Waals surface area (Å²) in [5, 5.41) is 2.75. The van der Waals surface area contributed by atoms with Gasteiger partial charge < -0.3 is 35.6 Å². The summed E-state index contributed by atoms with van der Waals surface area (Å²) < 4.78 is 4.78. The molecule has 4 heterocycles. The molecule has 1 aliphatic carbocycles. The topological polar surface area (TPSA) is 162 Å². The van der Waals surface area contributed by atoms with Crippen molar-refractivity contribution in [3.63, 3.8) is 0 Å². The third kappa shape index (κ3) is 6.96. The number of alkyl carbamates (subject to hydrolysis) is 1. The number of carbonyl (C=O) groups is 3. The average molecular weight is 677 g/mol. The summed E-state index contributed by atoms with van der Waals surface area (Å²) in [5.41, 5.74) is 11.4. The Morgan fingerprint density at radius 3 is 2.32 bits per heavy atom. The maximum Gasteiger partial charge on any atom is 0.407 e. The van der Waals surface area contributed by atoms with Crippen molar-refractivity contribution >= 4 is 28.9 Å². The number of carbonyl (C=O) groups excluding carboxylic acids is 3. The highest BCUT2D eigenvalue weighted by Gasteiger charge is 2.43. The number of likely N-dealkylation sites (tertiary alicyclic amines) is 2. The van der Waals surface area contributed by atoms with Gasteiger partial charge in [0.15, 0.2) is 0 Å². The van der Waals surface area contributed by atoms with Crippen LogP contribution in [0.4, 0.5) is 4.79 Å². The van der Waals surface area contributed by atoms with Crippen LogP contribution in [0.1, 0.15) is 93.1 Å². The molecule has 4 atom stereocenters. The lowest BCUT2D eigenvalue weighted by atomic mass is 10.1. The van der Waals surface area contributed by atoms with Crippen LogP contribution < -0.4 is 11.1 Å². The number of H-pyrrole nitrogens is 2. The zero-order valence-electron chi connectivity index (χ0n) is 28.6. The van der Waals surface area contributed by atoms with Crippen molar-refractivity contribution in [3.05, 3.63) is 71.4 Å². The Morgan fingerprint density at radius 1 is 0.940 bits per heavy atom. The smallest absolute Gasteiger partial charge is 0.407 e. The second-order valence-corrected chi connectivity index (χ2v) is 13.6. The zero-order valence-corrected chi connectivity index (χ0v) is 28.6. The largest absolute Gasteiger partial charge is 0.453 e. The molecule has 0 spiro atoms. The van der Waals surface area contributed by atoms with Crippen LogP contribution >= 0.6 is 0 Å². The van der Waals surface area contributed by atoms with E-state index in [1.807, 2.05) is 65.4 Å². The number of aromatic amines is 2. The van der Waals surface area contributed by atoms with Crippen LogP contribution in [0.15, 0.2) is 48.7 Å². The Kier molecular flexibility index (Phi) is 9.59. The van der Waals surface area contributed by atoms with Gasteiger partial charge in [0.05, 0.1) is 48.2 Å². The summed E-state index contributed by atoms with van der Waals surface area (Å²) in [6.07, 6.45) is 8.11. The van der Waals surface area contributed by atoms with E-state index < -0.39 is 18.2 Å². The predicted octanol–water partition coefficient (Wildman–Crippen LogP) is 4.94. The molecule has 12 heteroatoms. The first kappa shape index (κ1) is 33.4. The van der Waals surface area contributed by atoms with Gasteiger partial charge in [0.25, 0.3) is 0 Å². The van der Waals surface area contributed by atoms with Gasteiger partial charge in [0.1, 0.15) is 17.7 Å². The molecular formula is C38H44N8O4. The van der Waals surface area contributed by atoms with E-state index >= 15 is 0 Å². The lowest BCUT2D eigenvalue weighted by Gasteiger charge is -2.28. The normalized spacial score (nSPS) is 20.0. The fourth-order valence-electron chi connectivity index (χ4n) is 7.25. The van der Waals surface area contributed by atoms with Crippen molar-refractivity contribution in [2.45, 2.75) is 82.5 Å². The molecule has 7 rings (SSSR count). The number of nitrogens with one attached hydrogen (secondary N) is 3. The summed E-state index contributed by atoms with van der Waals surface area (Å²) in [4.78, 5) is 58.5. The Balaban J connectivity index is 1.02. The van der Waals surface area contributed by atoms with Crippen LogP contribution in [-0.4, -0.2) is 79.9 Å². The molecule has 4 aromatic rings. The molecule has 2 aromatic heterocycles. The SMILES string of the molecule is CCCC(N)C(=O)N1CCC[C@H]1c1ncc(-c2ccc(C#Cc3ccc4nc([C@@H]5CCCN5C(=O)[C@@H](NC(=O)OC)C5CC5)[nH]c4c3)cc2)[nH]1. The number of hydrogen-bond donors (Lipinski definition) is 4. The number of imidazole rings is 2. The standard InChI is InChI=1S/C38H44N8O4/c1-3-6-27(39)36(47)45-19-4-7-31(45)34-40-22-30(43-34)25-14-11-23(12-15-25)9-10-24-13-18-28-29(21-24)42-35(41-28)32-8-5-20-46(32)37(48)33(26-16-17-26)44-38(49)50-2/h11-15,18,21-22,26-27,31-33H,3-8,16-17,19-20,39H2,1-2H3,(H,40,43)(H,41,42)(H,44,49)/t27?,31-,32-,33-/m0/s1. The summed E-state index contributed by atoms with van der Waals surface area (Å²) in [5.74, 6) is 8.14. The number of benzene rings is 2. The number of fused-ring (bicyclic) bond motifs is 1. The summed E-state index contributed by atoms with van der Waals surface area (Å²) in [7, 11) is 1.31. The number of amides is 3. The van der Waals surface area contributed by atoms with Crippen molar-refractivity contribution in [2.75, 3.05) is 20.2 Å². The molecular weight excluding hydrogens is 632 g/mol. The van der Waals surface area contributed by atoms with Gasteiger partial charge in [-0.15, -0.1) is 0 Å². The number of nitrogens with zero attached hydrogens (tertiary/aromatic N) is 4. The van der Waals surface area contributed by atoms with Gasteiger partial charge in [-0.1, -0.05) is 37.3 Å². The lowest BCUT2D eigenvalue weighted by molar-refractivity contribution is -0.135. The molecule has 260 valence electrons. The minimum atomic E-state index is -0.583. The molecule has 1 saturated carbocycles. The van der Waals surface area contributed by atoms with Crippen molar-refractivity contribution < 1.29 is 19.1 Å². The van der Waals surface area contributed by atoms with Crippen LogP contribution in [0.5, 0.6) is 0 Å². The van der Waals surface area contributed by atoms with Gasteiger partial charge >= 0.3 is 6.09 Å². The fourth-order valence-corrected chi connectivity index (χ4v) is 7.25. The Hall–Kier alpha value is -5.15. The van der Waals surface area contributed by atoms with Crippen molar-refractivity contribution in [2.24, 2.45) is 11.7 Å². The highest BCUT2D eigenvalue weighted by molar-refractivity contribution is 5.87. The Bertz CT molecular complexity index is 1930. The number of rotatable bonds is 9. The predicted molar refractivity (Wildman–Crippen MR) is 188 cm³/mol. The minimum absolute atomic E-state index is 0.00275. The van der Waals surface area contributed by atoms with E-state index in [1.165, 1.54) is 7.11 Å². The molecule has 3 amide bonds. The third-order valence-electron chi connectivity index (χ3n) is 10.1. The third-order valence-corrected chi connectivity index (χ3v) is 10.1. The van der Waals surface area contributed by atoms with Crippen LogP contribution in [0.25, 0.3) is 22.3 Å². The molecule has 1 unspecified atom stereocenters.